The molecule has 1 aromatic rings. The largest absolute Gasteiger partial charge is 0.402 e. The summed E-state index contributed by atoms with van der Waals surface area (Å²) in [5.74, 6) is 0. The summed E-state index contributed by atoms with van der Waals surface area (Å²) in [5, 5.41) is 0. The molecule has 0 saturated heterocycles. The number of hydrogen-bond acceptors (Lipinski definition) is 2. The van der Waals surface area contributed by atoms with Crippen LogP contribution in [0.1, 0.15) is 11.1 Å². The van der Waals surface area contributed by atoms with E-state index < -0.39 is 22.9 Å². The van der Waals surface area contributed by atoms with Crippen LogP contribution in [0.2, 0.25) is 0 Å². The second-order valence-electron chi connectivity index (χ2n) is 3.98. The van der Waals surface area contributed by atoms with E-state index in [4.69, 9.17) is 0 Å². The average molecular weight is 361 g/mol. The molecule has 0 bridgehead atoms. The Balaban J connectivity index is 2.90. The maximum atomic E-state index is 12.0. The highest BCUT2D eigenvalue weighted by Gasteiger charge is 2.29. The van der Waals surface area contributed by atoms with E-state index in [2.05, 4.69) is 20.7 Å². The number of hydrogen-bond donors (Lipinski definition) is 2. The molecule has 1 aromatic carbocycles. The van der Waals surface area contributed by atoms with E-state index in [0.29, 0.717) is 10.0 Å². The number of rotatable bonds is 4. The number of alkyl halides is 3. The Hall–Kier alpha value is -0.800. The normalized spacial score (nSPS) is 12.5. The van der Waals surface area contributed by atoms with E-state index in [0.717, 1.165) is 5.56 Å². The summed E-state index contributed by atoms with van der Waals surface area (Å²) in [5.41, 5.74) is 1.71. The highest BCUT2D eigenvalue weighted by atomic mass is 79.9. The van der Waals surface area contributed by atoms with Gasteiger partial charge in [0, 0.05) is 4.47 Å². The highest BCUT2D eigenvalue weighted by Crippen LogP contribution is 2.28. The lowest BCUT2D eigenvalue weighted by Gasteiger charge is -2.14. The zero-order chi connectivity index (χ0) is 14.8. The molecule has 0 aliphatic heterocycles. The Bertz CT molecular complexity index is 550. The van der Waals surface area contributed by atoms with Crippen LogP contribution in [0.4, 0.5) is 18.9 Å². The van der Waals surface area contributed by atoms with Crippen molar-refractivity contribution in [1.29, 1.82) is 0 Å². The van der Waals surface area contributed by atoms with Crippen LogP contribution in [0, 0.1) is 13.8 Å². The molecular weight excluding hydrogens is 349 g/mol. The minimum absolute atomic E-state index is 0.209. The number of halogens is 4. The first-order valence-electron chi connectivity index (χ1n) is 5.11. The summed E-state index contributed by atoms with van der Waals surface area (Å²) in [6.45, 7) is 1.85. The van der Waals surface area contributed by atoms with Crippen LogP contribution < -0.4 is 9.44 Å². The van der Waals surface area contributed by atoms with Gasteiger partial charge in [0.25, 0.3) is 10.2 Å². The van der Waals surface area contributed by atoms with Crippen molar-refractivity contribution in [2.24, 2.45) is 0 Å². The molecule has 0 saturated carbocycles. The molecule has 0 heterocycles. The molecule has 0 aliphatic rings. The number of aryl methyl sites for hydroxylation is 2. The first-order chi connectivity index (χ1) is 8.50. The smallest absolute Gasteiger partial charge is 0.270 e. The third kappa shape index (κ3) is 5.37. The van der Waals surface area contributed by atoms with Gasteiger partial charge in [0.2, 0.25) is 0 Å². The van der Waals surface area contributed by atoms with Gasteiger partial charge >= 0.3 is 6.18 Å². The number of nitrogens with one attached hydrogen (secondary N) is 2. The molecule has 0 spiro atoms. The van der Waals surface area contributed by atoms with Crippen molar-refractivity contribution in [3.8, 4) is 0 Å². The summed E-state index contributed by atoms with van der Waals surface area (Å²) < 4.78 is 62.9. The van der Waals surface area contributed by atoms with Crippen molar-refractivity contribution in [2.45, 2.75) is 20.0 Å². The zero-order valence-corrected chi connectivity index (χ0v) is 12.5. The molecule has 0 unspecified atom stereocenters. The monoisotopic (exact) mass is 360 g/mol. The lowest BCUT2D eigenvalue weighted by Crippen LogP contribution is -2.37. The van der Waals surface area contributed by atoms with Gasteiger partial charge in [-0.1, -0.05) is 6.07 Å². The maximum absolute atomic E-state index is 12.0. The molecule has 0 radical (unpaired) electrons. The van der Waals surface area contributed by atoms with Gasteiger partial charge in [-0.05, 0) is 47.0 Å². The number of benzene rings is 1. The third-order valence-electron chi connectivity index (χ3n) is 2.13. The van der Waals surface area contributed by atoms with Crippen LogP contribution in [-0.2, 0) is 10.2 Å². The van der Waals surface area contributed by atoms with Gasteiger partial charge in [0.15, 0.2) is 0 Å². The Morgan fingerprint density at radius 2 is 1.84 bits per heavy atom. The molecule has 4 nitrogen and oxygen atoms in total. The van der Waals surface area contributed by atoms with Crippen LogP contribution >= 0.6 is 15.9 Å². The molecule has 19 heavy (non-hydrogen) atoms. The van der Waals surface area contributed by atoms with Crippen LogP contribution in [0.25, 0.3) is 0 Å². The van der Waals surface area contributed by atoms with E-state index in [9.17, 15) is 21.6 Å². The van der Waals surface area contributed by atoms with Gasteiger partial charge in [-0.15, -0.1) is 0 Å². The minimum Gasteiger partial charge on any atom is -0.270 e. The van der Waals surface area contributed by atoms with Gasteiger partial charge in [-0.3, -0.25) is 4.72 Å². The standard InChI is InChI=1S/C10H12BrF3N2O2S/c1-6-3-7(2)9(8(11)4-6)16-19(17,18)15-5-10(12,13)14/h3-4,15-16H,5H2,1-2H3. The zero-order valence-electron chi connectivity index (χ0n) is 10.1. The van der Waals surface area contributed by atoms with Gasteiger partial charge < -0.3 is 0 Å². The predicted octanol–water partition coefficient (Wildman–Crippen LogP) is 2.87. The molecular formula is C10H12BrF3N2O2S. The molecule has 0 amide bonds. The fourth-order valence-electron chi connectivity index (χ4n) is 1.39. The molecule has 2 N–H and O–H groups in total. The van der Waals surface area contributed by atoms with Crippen molar-refractivity contribution in [3.05, 3.63) is 27.7 Å². The second-order valence-corrected chi connectivity index (χ2v) is 6.33. The van der Waals surface area contributed by atoms with E-state index >= 15 is 0 Å². The summed E-state index contributed by atoms with van der Waals surface area (Å²) in [6, 6.07) is 3.38. The molecule has 1 rings (SSSR count). The van der Waals surface area contributed by atoms with Crippen molar-refractivity contribution in [3.63, 3.8) is 0 Å². The summed E-state index contributed by atoms with van der Waals surface area (Å²) >= 11 is 3.16. The van der Waals surface area contributed by atoms with Crippen LogP contribution in [0.3, 0.4) is 0 Å². The molecule has 0 aromatic heterocycles. The lowest BCUT2D eigenvalue weighted by molar-refractivity contribution is -0.121. The van der Waals surface area contributed by atoms with Crippen molar-refractivity contribution in [1.82, 2.24) is 4.72 Å². The Morgan fingerprint density at radius 1 is 1.26 bits per heavy atom. The van der Waals surface area contributed by atoms with Gasteiger partial charge in [0.1, 0.15) is 6.54 Å². The van der Waals surface area contributed by atoms with Crippen molar-refractivity contribution < 1.29 is 21.6 Å². The summed E-state index contributed by atoms with van der Waals surface area (Å²) in [7, 11) is -4.28. The van der Waals surface area contributed by atoms with Crippen molar-refractivity contribution in [2.75, 3.05) is 11.3 Å². The fraction of sp³-hybridized carbons (Fsp3) is 0.400. The lowest BCUT2D eigenvalue weighted by atomic mass is 10.1. The first-order valence-corrected chi connectivity index (χ1v) is 7.39. The summed E-state index contributed by atoms with van der Waals surface area (Å²) in [4.78, 5) is 0. The van der Waals surface area contributed by atoms with E-state index in [1.54, 1.807) is 19.1 Å². The van der Waals surface area contributed by atoms with Gasteiger partial charge in [-0.25, -0.2) is 0 Å². The quantitative estimate of drug-likeness (QED) is 0.867. The van der Waals surface area contributed by atoms with Crippen LogP contribution in [-0.4, -0.2) is 21.1 Å². The van der Waals surface area contributed by atoms with Crippen LogP contribution in [0.5, 0.6) is 0 Å². The molecule has 0 fully saturated rings. The first kappa shape index (κ1) is 16.3. The Labute approximate surface area is 117 Å². The minimum atomic E-state index is -4.60. The van der Waals surface area contributed by atoms with Gasteiger partial charge in [-0.2, -0.15) is 26.3 Å². The fourth-order valence-corrected chi connectivity index (χ4v) is 3.26. The average Bonchev–Trinajstić information content (AvgIpc) is 2.20. The van der Waals surface area contributed by atoms with E-state index in [-0.39, 0.29) is 5.69 Å². The molecule has 0 atom stereocenters. The SMILES string of the molecule is Cc1cc(C)c(NS(=O)(=O)NCC(F)(F)F)c(Br)c1. The molecule has 0 aliphatic carbocycles. The Morgan fingerprint density at radius 3 is 2.32 bits per heavy atom. The topological polar surface area (TPSA) is 58.2 Å². The second kappa shape index (κ2) is 5.68. The van der Waals surface area contributed by atoms with Crippen molar-refractivity contribution >= 4 is 31.8 Å². The van der Waals surface area contributed by atoms with Gasteiger partial charge in [0.05, 0.1) is 5.69 Å². The van der Waals surface area contributed by atoms with E-state index in [1.165, 1.54) is 4.72 Å². The molecule has 108 valence electrons. The number of anilines is 1. The van der Waals surface area contributed by atoms with Crippen LogP contribution in [0.15, 0.2) is 16.6 Å². The Kier molecular flexibility index (Phi) is 4.86. The van der Waals surface area contributed by atoms with E-state index in [1.807, 2.05) is 6.92 Å². The summed E-state index contributed by atoms with van der Waals surface area (Å²) in [6.07, 6.45) is -4.60. The third-order valence-corrected chi connectivity index (χ3v) is 3.75. The molecule has 9 heteroatoms. The maximum Gasteiger partial charge on any atom is 0.402 e. The highest BCUT2D eigenvalue weighted by molar-refractivity contribution is 9.10. The predicted molar refractivity (Wildman–Crippen MR) is 70.2 cm³/mol.